The number of methoxy groups -OCH3 is 1. The van der Waals surface area contributed by atoms with Gasteiger partial charge >= 0.3 is 0 Å². The fourth-order valence-corrected chi connectivity index (χ4v) is 2.93. The van der Waals surface area contributed by atoms with Crippen molar-refractivity contribution in [3.63, 3.8) is 0 Å². The van der Waals surface area contributed by atoms with Gasteiger partial charge in [-0.1, -0.05) is 11.6 Å². The van der Waals surface area contributed by atoms with Gasteiger partial charge < -0.3 is 19.5 Å². The molecular formula is C17H25ClN4O3S. The highest BCUT2D eigenvalue weighted by Gasteiger charge is 2.11. The Morgan fingerprint density at radius 3 is 2.88 bits per heavy atom. The Hall–Kier alpha value is -1.61. The van der Waals surface area contributed by atoms with E-state index >= 15 is 0 Å². The monoisotopic (exact) mass is 400 g/mol. The van der Waals surface area contributed by atoms with Crippen LogP contribution in [0.15, 0.2) is 17.2 Å². The molecule has 1 aromatic carbocycles. The normalized spacial score (nSPS) is 15.0. The van der Waals surface area contributed by atoms with Crippen molar-refractivity contribution in [3.8, 4) is 11.5 Å². The predicted octanol–water partition coefficient (Wildman–Crippen LogP) is 1.88. The summed E-state index contributed by atoms with van der Waals surface area (Å²) in [5.41, 5.74) is 3.58. The molecule has 1 aliphatic rings. The first-order valence-electron chi connectivity index (χ1n) is 8.51. The highest BCUT2D eigenvalue weighted by molar-refractivity contribution is 7.80. The third kappa shape index (κ3) is 6.60. The van der Waals surface area contributed by atoms with E-state index in [1.807, 2.05) is 13.0 Å². The number of hydrogen-bond acceptors (Lipinski definition) is 6. The number of hydrazone groups is 1. The largest absolute Gasteiger partial charge is 0.491 e. The van der Waals surface area contributed by atoms with Crippen molar-refractivity contribution >= 4 is 35.1 Å². The van der Waals surface area contributed by atoms with E-state index in [0.29, 0.717) is 28.2 Å². The standard InChI is InChI=1S/C17H25ClN4O3S/c1-3-25-15-11-13(10-14(18)16(15)23-2)12-20-21-17(26)19-4-5-22-6-8-24-9-7-22/h10-12H,3-9H2,1-2H3,(H2,19,21,26)/b20-12+. The van der Waals surface area contributed by atoms with Crippen molar-refractivity contribution in [2.24, 2.45) is 5.10 Å². The number of nitrogens with one attached hydrogen (secondary N) is 2. The van der Waals surface area contributed by atoms with E-state index in [0.717, 1.165) is 45.0 Å². The molecule has 0 aliphatic carbocycles. The second-order valence-electron chi connectivity index (χ2n) is 5.55. The Morgan fingerprint density at radius 1 is 1.42 bits per heavy atom. The summed E-state index contributed by atoms with van der Waals surface area (Å²) in [4.78, 5) is 2.33. The first-order valence-corrected chi connectivity index (χ1v) is 9.30. The van der Waals surface area contributed by atoms with Gasteiger partial charge in [0.1, 0.15) is 0 Å². The van der Waals surface area contributed by atoms with Crippen molar-refractivity contribution < 1.29 is 14.2 Å². The van der Waals surface area contributed by atoms with Gasteiger partial charge in [0.15, 0.2) is 16.6 Å². The van der Waals surface area contributed by atoms with Crippen LogP contribution in [0.5, 0.6) is 11.5 Å². The lowest BCUT2D eigenvalue weighted by atomic mass is 10.2. The molecule has 9 heteroatoms. The van der Waals surface area contributed by atoms with Gasteiger partial charge in [0.05, 0.1) is 38.2 Å². The van der Waals surface area contributed by atoms with E-state index in [9.17, 15) is 0 Å². The van der Waals surface area contributed by atoms with Gasteiger partial charge in [-0.3, -0.25) is 10.3 Å². The van der Waals surface area contributed by atoms with Crippen LogP contribution < -0.4 is 20.2 Å². The molecule has 7 nitrogen and oxygen atoms in total. The SMILES string of the molecule is CCOc1cc(/C=N/NC(=S)NCCN2CCOCC2)cc(Cl)c1OC. The van der Waals surface area contributed by atoms with Crippen LogP contribution in [0, 0.1) is 0 Å². The average Bonchev–Trinajstić information content (AvgIpc) is 2.63. The Kier molecular flexibility index (Phi) is 8.90. The smallest absolute Gasteiger partial charge is 0.187 e. The molecule has 0 spiro atoms. The zero-order valence-corrected chi connectivity index (χ0v) is 16.7. The lowest BCUT2D eigenvalue weighted by Gasteiger charge is -2.26. The molecule has 1 fully saturated rings. The lowest BCUT2D eigenvalue weighted by Crippen LogP contribution is -2.42. The Balaban J connectivity index is 1.80. The molecule has 144 valence electrons. The van der Waals surface area contributed by atoms with E-state index in [1.165, 1.54) is 0 Å². The van der Waals surface area contributed by atoms with Gasteiger partial charge in [-0.05, 0) is 36.8 Å². The summed E-state index contributed by atoms with van der Waals surface area (Å²) in [5, 5.41) is 8.20. The number of benzene rings is 1. The minimum atomic E-state index is 0.464. The number of halogens is 1. The summed E-state index contributed by atoms with van der Waals surface area (Å²) in [7, 11) is 1.56. The van der Waals surface area contributed by atoms with E-state index in [2.05, 4.69) is 20.7 Å². The summed E-state index contributed by atoms with van der Waals surface area (Å²) in [6, 6.07) is 3.57. The topological polar surface area (TPSA) is 67.4 Å². The maximum absolute atomic E-state index is 6.22. The van der Waals surface area contributed by atoms with Gasteiger partial charge in [0, 0.05) is 26.2 Å². The molecular weight excluding hydrogens is 376 g/mol. The molecule has 2 rings (SSSR count). The van der Waals surface area contributed by atoms with Gasteiger partial charge in [-0.25, -0.2) is 0 Å². The van der Waals surface area contributed by atoms with Crippen LogP contribution in [0.2, 0.25) is 5.02 Å². The molecule has 1 aliphatic heterocycles. The van der Waals surface area contributed by atoms with Gasteiger partial charge in [-0.2, -0.15) is 5.10 Å². The molecule has 2 N–H and O–H groups in total. The molecule has 0 saturated carbocycles. The molecule has 0 atom stereocenters. The Labute approximate surface area is 164 Å². The molecule has 1 heterocycles. The van der Waals surface area contributed by atoms with Crippen LogP contribution in [-0.2, 0) is 4.74 Å². The first-order chi connectivity index (χ1) is 12.6. The van der Waals surface area contributed by atoms with E-state index in [4.69, 9.17) is 38.0 Å². The summed E-state index contributed by atoms with van der Waals surface area (Å²) < 4.78 is 16.1. The van der Waals surface area contributed by atoms with E-state index in [1.54, 1.807) is 19.4 Å². The van der Waals surface area contributed by atoms with Crippen LogP contribution in [0.25, 0.3) is 0 Å². The number of morpholine rings is 1. The fraction of sp³-hybridized carbons (Fsp3) is 0.529. The number of thiocarbonyl (C=S) groups is 1. The maximum Gasteiger partial charge on any atom is 0.187 e. The summed E-state index contributed by atoms with van der Waals surface area (Å²) in [6.45, 7) is 7.59. The molecule has 0 bridgehead atoms. The second kappa shape index (κ2) is 11.2. The Bertz CT molecular complexity index is 624. The molecule has 0 aromatic heterocycles. The van der Waals surface area contributed by atoms with Gasteiger partial charge in [-0.15, -0.1) is 0 Å². The maximum atomic E-state index is 6.22. The molecule has 26 heavy (non-hydrogen) atoms. The summed E-state index contributed by atoms with van der Waals surface area (Å²) in [6.07, 6.45) is 1.63. The van der Waals surface area contributed by atoms with Crippen molar-refractivity contribution in [1.82, 2.24) is 15.6 Å². The van der Waals surface area contributed by atoms with Crippen LogP contribution in [0.1, 0.15) is 12.5 Å². The molecule has 0 unspecified atom stereocenters. The third-order valence-corrected chi connectivity index (χ3v) is 4.25. The van der Waals surface area contributed by atoms with Crippen molar-refractivity contribution in [2.45, 2.75) is 6.92 Å². The quantitative estimate of drug-likeness (QED) is 0.392. The zero-order chi connectivity index (χ0) is 18.8. The minimum Gasteiger partial charge on any atom is -0.491 e. The lowest BCUT2D eigenvalue weighted by molar-refractivity contribution is 0.0389. The number of ether oxygens (including phenoxy) is 3. The molecule has 0 radical (unpaired) electrons. The fourth-order valence-electron chi connectivity index (χ4n) is 2.48. The highest BCUT2D eigenvalue weighted by Crippen LogP contribution is 2.35. The average molecular weight is 401 g/mol. The molecule has 1 saturated heterocycles. The van der Waals surface area contributed by atoms with Crippen molar-refractivity contribution in [3.05, 3.63) is 22.7 Å². The van der Waals surface area contributed by atoms with Crippen molar-refractivity contribution in [1.29, 1.82) is 0 Å². The third-order valence-electron chi connectivity index (χ3n) is 3.73. The van der Waals surface area contributed by atoms with Crippen LogP contribution >= 0.6 is 23.8 Å². The van der Waals surface area contributed by atoms with Crippen LogP contribution in [0.3, 0.4) is 0 Å². The molecule has 0 amide bonds. The first kappa shape index (κ1) is 20.7. The van der Waals surface area contributed by atoms with Crippen LogP contribution in [0.4, 0.5) is 0 Å². The minimum absolute atomic E-state index is 0.464. The van der Waals surface area contributed by atoms with E-state index in [-0.39, 0.29) is 0 Å². The van der Waals surface area contributed by atoms with Gasteiger partial charge in [0.25, 0.3) is 0 Å². The van der Waals surface area contributed by atoms with E-state index < -0.39 is 0 Å². The molecule has 1 aromatic rings. The second-order valence-corrected chi connectivity index (χ2v) is 6.36. The zero-order valence-electron chi connectivity index (χ0n) is 15.1. The summed E-state index contributed by atoms with van der Waals surface area (Å²) in [5.74, 6) is 1.09. The predicted molar refractivity (Wildman–Crippen MR) is 108 cm³/mol. The summed E-state index contributed by atoms with van der Waals surface area (Å²) >= 11 is 11.4. The number of nitrogens with zero attached hydrogens (tertiary/aromatic N) is 2. The van der Waals surface area contributed by atoms with Gasteiger partial charge in [0.2, 0.25) is 0 Å². The van der Waals surface area contributed by atoms with Crippen LogP contribution in [-0.4, -0.2) is 69.3 Å². The van der Waals surface area contributed by atoms with Crippen molar-refractivity contribution in [2.75, 3.05) is 53.1 Å². The highest BCUT2D eigenvalue weighted by atomic mass is 35.5. The number of hydrogen-bond donors (Lipinski definition) is 2. The number of rotatable bonds is 8. The Morgan fingerprint density at radius 2 is 2.19 bits per heavy atom.